The molecule has 2 aromatic rings. The highest BCUT2D eigenvalue weighted by molar-refractivity contribution is 7.98. The van der Waals surface area contributed by atoms with E-state index in [1.54, 1.807) is 24.0 Å². The highest BCUT2D eigenvalue weighted by Gasteiger charge is 2.00. The molecule has 0 spiro atoms. The second-order valence-electron chi connectivity index (χ2n) is 3.32. The van der Waals surface area contributed by atoms with Crippen LogP contribution < -0.4 is 5.73 Å². The van der Waals surface area contributed by atoms with Gasteiger partial charge in [0.2, 0.25) is 0 Å². The molecule has 0 unspecified atom stereocenters. The first-order valence-corrected chi connectivity index (χ1v) is 6.20. The number of rotatable bonds is 3. The van der Waals surface area contributed by atoms with Crippen molar-refractivity contribution in [1.82, 2.24) is 4.98 Å². The van der Waals surface area contributed by atoms with E-state index in [0.29, 0.717) is 5.15 Å². The number of hydrogen-bond donors (Lipinski definition) is 1. The number of aromatic nitrogens is 1. The summed E-state index contributed by atoms with van der Waals surface area (Å²) in [5, 5.41) is 0.521. The molecular formula is C12H11ClN2S. The summed E-state index contributed by atoms with van der Waals surface area (Å²) >= 11 is 7.41. The van der Waals surface area contributed by atoms with E-state index in [9.17, 15) is 0 Å². The molecule has 1 heterocycles. The van der Waals surface area contributed by atoms with Crippen molar-refractivity contribution >= 4 is 29.1 Å². The van der Waals surface area contributed by atoms with Crippen LogP contribution in [0.25, 0.3) is 0 Å². The minimum atomic E-state index is 0.521. The van der Waals surface area contributed by atoms with Crippen molar-refractivity contribution in [3.63, 3.8) is 0 Å². The number of nitrogens with zero attached hydrogens (tertiary/aromatic N) is 1. The first-order valence-electron chi connectivity index (χ1n) is 4.83. The average molecular weight is 251 g/mol. The maximum atomic E-state index is 5.85. The summed E-state index contributed by atoms with van der Waals surface area (Å²) in [5.41, 5.74) is 7.80. The molecule has 2 rings (SSSR count). The zero-order chi connectivity index (χ0) is 11.4. The molecule has 0 bridgehead atoms. The maximum absolute atomic E-state index is 5.85. The van der Waals surface area contributed by atoms with Crippen molar-refractivity contribution in [3.8, 4) is 0 Å². The van der Waals surface area contributed by atoms with Gasteiger partial charge in [-0.05, 0) is 23.8 Å². The lowest BCUT2D eigenvalue weighted by Crippen LogP contribution is -1.88. The summed E-state index contributed by atoms with van der Waals surface area (Å²) in [6, 6.07) is 11.6. The van der Waals surface area contributed by atoms with Crippen LogP contribution in [0.5, 0.6) is 0 Å². The monoisotopic (exact) mass is 250 g/mol. The van der Waals surface area contributed by atoms with Gasteiger partial charge in [0.1, 0.15) is 5.15 Å². The Hall–Kier alpha value is -1.19. The predicted molar refractivity (Wildman–Crippen MR) is 69.7 cm³/mol. The average Bonchev–Trinajstić information content (AvgIpc) is 2.30. The standard InChI is InChI=1S/C12H11ClN2S/c13-12-6-5-9(7-15-12)8-16-11-4-2-1-3-10(11)14/h1-7H,8,14H2. The van der Waals surface area contributed by atoms with Gasteiger partial charge in [-0.2, -0.15) is 0 Å². The second-order valence-corrected chi connectivity index (χ2v) is 4.72. The van der Waals surface area contributed by atoms with Gasteiger partial charge in [0, 0.05) is 22.5 Å². The quantitative estimate of drug-likeness (QED) is 0.514. The Balaban J connectivity index is 2.02. The van der Waals surface area contributed by atoms with Crippen LogP contribution in [0, 0.1) is 0 Å². The van der Waals surface area contributed by atoms with Crippen molar-refractivity contribution in [2.75, 3.05) is 5.73 Å². The number of thioether (sulfide) groups is 1. The van der Waals surface area contributed by atoms with Crippen LogP contribution in [0.3, 0.4) is 0 Å². The molecule has 0 aliphatic rings. The number of nitrogen functional groups attached to an aromatic ring is 1. The van der Waals surface area contributed by atoms with Gasteiger partial charge in [-0.1, -0.05) is 29.8 Å². The van der Waals surface area contributed by atoms with Crippen LogP contribution >= 0.6 is 23.4 Å². The smallest absolute Gasteiger partial charge is 0.129 e. The number of para-hydroxylation sites is 1. The Kier molecular flexibility index (Phi) is 3.70. The Labute approximate surface area is 104 Å². The Bertz CT molecular complexity index is 471. The summed E-state index contributed by atoms with van der Waals surface area (Å²) in [6.07, 6.45) is 1.79. The minimum absolute atomic E-state index is 0.521. The normalized spacial score (nSPS) is 10.3. The van der Waals surface area contributed by atoms with Gasteiger partial charge in [-0.15, -0.1) is 11.8 Å². The zero-order valence-electron chi connectivity index (χ0n) is 8.56. The summed E-state index contributed by atoms with van der Waals surface area (Å²) in [6.45, 7) is 0. The van der Waals surface area contributed by atoms with Gasteiger partial charge >= 0.3 is 0 Å². The number of halogens is 1. The molecule has 2 N–H and O–H groups in total. The topological polar surface area (TPSA) is 38.9 Å². The highest BCUT2D eigenvalue weighted by atomic mass is 35.5. The first kappa shape index (κ1) is 11.3. The van der Waals surface area contributed by atoms with Crippen LogP contribution in [0.4, 0.5) is 5.69 Å². The zero-order valence-corrected chi connectivity index (χ0v) is 10.1. The molecule has 0 saturated carbocycles. The van der Waals surface area contributed by atoms with Crippen molar-refractivity contribution < 1.29 is 0 Å². The van der Waals surface area contributed by atoms with Gasteiger partial charge in [-0.25, -0.2) is 4.98 Å². The number of hydrogen-bond acceptors (Lipinski definition) is 3. The molecule has 0 aliphatic heterocycles. The fourth-order valence-corrected chi connectivity index (χ4v) is 2.28. The molecule has 0 saturated heterocycles. The molecule has 1 aromatic heterocycles. The van der Waals surface area contributed by atoms with E-state index in [-0.39, 0.29) is 0 Å². The molecule has 16 heavy (non-hydrogen) atoms. The minimum Gasteiger partial charge on any atom is -0.398 e. The van der Waals surface area contributed by atoms with Gasteiger partial charge in [-0.3, -0.25) is 0 Å². The molecular weight excluding hydrogens is 240 g/mol. The molecule has 0 amide bonds. The third-order valence-corrected chi connectivity index (χ3v) is 3.49. The van der Waals surface area contributed by atoms with E-state index in [1.165, 1.54) is 0 Å². The van der Waals surface area contributed by atoms with Crippen molar-refractivity contribution in [2.45, 2.75) is 10.6 Å². The molecule has 82 valence electrons. The van der Waals surface area contributed by atoms with Gasteiger partial charge < -0.3 is 5.73 Å². The van der Waals surface area contributed by atoms with Gasteiger partial charge in [0.15, 0.2) is 0 Å². The second kappa shape index (κ2) is 5.23. The van der Waals surface area contributed by atoms with Crippen LogP contribution in [0.15, 0.2) is 47.5 Å². The lowest BCUT2D eigenvalue weighted by molar-refractivity contribution is 1.25. The summed E-state index contributed by atoms with van der Waals surface area (Å²) in [5.74, 6) is 0.846. The van der Waals surface area contributed by atoms with Crippen molar-refractivity contribution in [1.29, 1.82) is 0 Å². The molecule has 0 atom stereocenters. The fourth-order valence-electron chi connectivity index (χ4n) is 1.26. The lowest BCUT2D eigenvalue weighted by Gasteiger charge is -2.04. The summed E-state index contributed by atoms with van der Waals surface area (Å²) in [4.78, 5) is 5.13. The maximum Gasteiger partial charge on any atom is 0.129 e. The van der Waals surface area contributed by atoms with Gasteiger partial charge in [0.05, 0.1) is 0 Å². The molecule has 1 aromatic carbocycles. The third kappa shape index (κ3) is 2.90. The Morgan fingerprint density at radius 1 is 1.19 bits per heavy atom. The number of nitrogens with two attached hydrogens (primary N) is 1. The third-order valence-electron chi connectivity index (χ3n) is 2.10. The summed E-state index contributed by atoms with van der Waals surface area (Å²) in [7, 11) is 0. The number of pyridine rings is 1. The van der Waals surface area contributed by atoms with E-state index in [0.717, 1.165) is 21.9 Å². The SMILES string of the molecule is Nc1ccccc1SCc1ccc(Cl)nc1. The van der Waals surface area contributed by atoms with Crippen LogP contribution in [0.1, 0.15) is 5.56 Å². The fraction of sp³-hybridized carbons (Fsp3) is 0.0833. The molecule has 0 radical (unpaired) electrons. The summed E-state index contributed by atoms with van der Waals surface area (Å²) < 4.78 is 0. The van der Waals surface area contributed by atoms with E-state index in [4.69, 9.17) is 17.3 Å². The number of anilines is 1. The largest absolute Gasteiger partial charge is 0.398 e. The van der Waals surface area contributed by atoms with E-state index < -0.39 is 0 Å². The van der Waals surface area contributed by atoms with Crippen LogP contribution in [0.2, 0.25) is 5.15 Å². The molecule has 0 aliphatic carbocycles. The Morgan fingerprint density at radius 3 is 2.69 bits per heavy atom. The van der Waals surface area contributed by atoms with Crippen LogP contribution in [-0.4, -0.2) is 4.98 Å². The number of benzene rings is 1. The lowest BCUT2D eigenvalue weighted by atomic mass is 10.3. The van der Waals surface area contributed by atoms with Crippen molar-refractivity contribution in [3.05, 3.63) is 53.3 Å². The molecule has 0 fully saturated rings. The first-order chi connectivity index (χ1) is 7.75. The van der Waals surface area contributed by atoms with Crippen LogP contribution in [-0.2, 0) is 5.75 Å². The highest BCUT2D eigenvalue weighted by Crippen LogP contribution is 2.27. The predicted octanol–water partition coefficient (Wildman–Crippen LogP) is 3.61. The van der Waals surface area contributed by atoms with E-state index in [1.807, 2.05) is 30.3 Å². The molecule has 4 heteroatoms. The Morgan fingerprint density at radius 2 is 2.00 bits per heavy atom. The van der Waals surface area contributed by atoms with E-state index in [2.05, 4.69) is 4.98 Å². The van der Waals surface area contributed by atoms with E-state index >= 15 is 0 Å². The molecule has 2 nitrogen and oxygen atoms in total. The van der Waals surface area contributed by atoms with Gasteiger partial charge in [0.25, 0.3) is 0 Å². The van der Waals surface area contributed by atoms with Crippen molar-refractivity contribution in [2.24, 2.45) is 0 Å².